The Balaban J connectivity index is 1.78. The van der Waals surface area contributed by atoms with Crippen LogP contribution in [0.15, 0.2) is 42.5 Å². The Morgan fingerprint density at radius 3 is 2.52 bits per heavy atom. The highest BCUT2D eigenvalue weighted by molar-refractivity contribution is 7.99. The van der Waals surface area contributed by atoms with Crippen LogP contribution >= 0.6 is 35.0 Å². The Labute approximate surface area is 163 Å². The van der Waals surface area contributed by atoms with Gasteiger partial charge in [0.1, 0.15) is 5.75 Å². The SMILES string of the molecule is CCOc1ccc([C@@H](C)NC(=O)CSCc2ccc(Cl)c(Cl)c2)cc1. The van der Waals surface area contributed by atoms with Gasteiger partial charge < -0.3 is 10.1 Å². The number of nitrogens with one attached hydrogen (secondary N) is 1. The van der Waals surface area contributed by atoms with Crippen molar-refractivity contribution in [2.45, 2.75) is 25.6 Å². The summed E-state index contributed by atoms with van der Waals surface area (Å²) in [5, 5.41) is 4.08. The summed E-state index contributed by atoms with van der Waals surface area (Å²) in [6, 6.07) is 13.2. The monoisotopic (exact) mass is 397 g/mol. The van der Waals surface area contributed by atoms with Gasteiger partial charge in [-0.3, -0.25) is 4.79 Å². The van der Waals surface area contributed by atoms with E-state index < -0.39 is 0 Å². The van der Waals surface area contributed by atoms with E-state index in [0.717, 1.165) is 16.9 Å². The molecule has 0 fully saturated rings. The number of hydrogen-bond donors (Lipinski definition) is 1. The molecule has 134 valence electrons. The number of amides is 1. The molecule has 1 N–H and O–H groups in total. The van der Waals surface area contributed by atoms with Gasteiger partial charge in [-0.25, -0.2) is 0 Å². The van der Waals surface area contributed by atoms with E-state index in [0.29, 0.717) is 28.2 Å². The van der Waals surface area contributed by atoms with Gasteiger partial charge in [0.2, 0.25) is 5.91 Å². The number of halogens is 2. The van der Waals surface area contributed by atoms with Gasteiger partial charge in [0.05, 0.1) is 28.4 Å². The number of rotatable bonds is 8. The van der Waals surface area contributed by atoms with Crippen molar-refractivity contribution in [1.82, 2.24) is 5.32 Å². The molecule has 1 atom stereocenters. The zero-order chi connectivity index (χ0) is 18.2. The largest absolute Gasteiger partial charge is 0.494 e. The van der Waals surface area contributed by atoms with Crippen molar-refractivity contribution in [3.8, 4) is 5.75 Å². The third kappa shape index (κ3) is 6.46. The number of benzene rings is 2. The molecule has 0 radical (unpaired) electrons. The molecule has 0 spiro atoms. The molecule has 0 saturated heterocycles. The normalized spacial score (nSPS) is 11.8. The number of hydrogen-bond acceptors (Lipinski definition) is 3. The minimum absolute atomic E-state index is 0.00597. The topological polar surface area (TPSA) is 38.3 Å². The fraction of sp³-hybridized carbons (Fsp3) is 0.316. The molecule has 0 saturated carbocycles. The zero-order valence-electron chi connectivity index (χ0n) is 14.2. The smallest absolute Gasteiger partial charge is 0.230 e. The summed E-state index contributed by atoms with van der Waals surface area (Å²) in [6.07, 6.45) is 0. The highest BCUT2D eigenvalue weighted by Crippen LogP contribution is 2.24. The van der Waals surface area contributed by atoms with Gasteiger partial charge in [0.15, 0.2) is 0 Å². The Morgan fingerprint density at radius 1 is 1.16 bits per heavy atom. The number of carbonyl (C=O) groups excluding carboxylic acids is 1. The highest BCUT2D eigenvalue weighted by atomic mass is 35.5. The van der Waals surface area contributed by atoms with Crippen LogP contribution in [0.1, 0.15) is 31.0 Å². The van der Waals surface area contributed by atoms with E-state index in [1.165, 1.54) is 0 Å². The second-order valence-corrected chi connectivity index (χ2v) is 7.33. The summed E-state index contributed by atoms with van der Waals surface area (Å²) in [5.41, 5.74) is 2.10. The van der Waals surface area contributed by atoms with Crippen LogP contribution in [-0.2, 0) is 10.5 Å². The van der Waals surface area contributed by atoms with Gasteiger partial charge in [-0.2, -0.15) is 0 Å². The van der Waals surface area contributed by atoms with Crippen molar-refractivity contribution in [1.29, 1.82) is 0 Å². The van der Waals surface area contributed by atoms with Gasteiger partial charge in [-0.1, -0.05) is 41.4 Å². The van der Waals surface area contributed by atoms with Gasteiger partial charge in [-0.15, -0.1) is 11.8 Å². The van der Waals surface area contributed by atoms with E-state index in [2.05, 4.69) is 5.32 Å². The summed E-state index contributed by atoms with van der Waals surface area (Å²) >= 11 is 13.4. The molecule has 1 amide bonds. The molecule has 2 aromatic carbocycles. The average Bonchev–Trinajstić information content (AvgIpc) is 2.59. The van der Waals surface area contributed by atoms with E-state index in [-0.39, 0.29) is 11.9 Å². The minimum Gasteiger partial charge on any atom is -0.494 e. The predicted octanol–water partition coefficient (Wildman–Crippen LogP) is 5.50. The van der Waals surface area contributed by atoms with Crippen LogP contribution < -0.4 is 10.1 Å². The summed E-state index contributed by atoms with van der Waals surface area (Å²) < 4.78 is 5.42. The molecular weight excluding hydrogens is 377 g/mol. The molecule has 0 aliphatic heterocycles. The lowest BCUT2D eigenvalue weighted by atomic mass is 10.1. The van der Waals surface area contributed by atoms with Crippen molar-refractivity contribution in [2.75, 3.05) is 12.4 Å². The first-order valence-corrected chi connectivity index (χ1v) is 9.94. The maximum absolute atomic E-state index is 12.1. The molecule has 3 nitrogen and oxygen atoms in total. The molecule has 0 heterocycles. The maximum atomic E-state index is 12.1. The lowest BCUT2D eigenvalue weighted by Gasteiger charge is -2.15. The molecule has 2 rings (SSSR count). The molecule has 25 heavy (non-hydrogen) atoms. The van der Waals surface area contributed by atoms with Crippen LogP contribution in [0.25, 0.3) is 0 Å². The molecule has 6 heteroatoms. The first kappa shape index (κ1) is 20.0. The van der Waals surface area contributed by atoms with Gasteiger partial charge in [0.25, 0.3) is 0 Å². The van der Waals surface area contributed by atoms with Crippen LogP contribution in [-0.4, -0.2) is 18.3 Å². The third-order valence-corrected chi connectivity index (χ3v) is 5.30. The fourth-order valence-electron chi connectivity index (χ4n) is 2.28. The Morgan fingerprint density at radius 2 is 1.88 bits per heavy atom. The average molecular weight is 398 g/mol. The summed E-state index contributed by atoms with van der Waals surface area (Å²) in [7, 11) is 0. The maximum Gasteiger partial charge on any atom is 0.230 e. The Bertz CT molecular complexity index is 707. The third-order valence-electron chi connectivity index (χ3n) is 3.55. The van der Waals surface area contributed by atoms with Crippen LogP contribution in [0, 0.1) is 0 Å². The summed E-state index contributed by atoms with van der Waals surface area (Å²) in [4.78, 5) is 12.1. The molecule has 0 aliphatic rings. The van der Waals surface area contributed by atoms with Crippen LogP contribution in [0.4, 0.5) is 0 Å². The van der Waals surface area contributed by atoms with Crippen LogP contribution in [0.3, 0.4) is 0 Å². The van der Waals surface area contributed by atoms with E-state index >= 15 is 0 Å². The molecule has 2 aromatic rings. The van der Waals surface area contributed by atoms with Gasteiger partial charge >= 0.3 is 0 Å². The molecule has 0 bridgehead atoms. The summed E-state index contributed by atoms with van der Waals surface area (Å²) in [6.45, 7) is 4.56. The van der Waals surface area contributed by atoms with Gasteiger partial charge in [-0.05, 0) is 49.2 Å². The molecule has 0 unspecified atom stereocenters. The van der Waals surface area contributed by atoms with Crippen LogP contribution in [0.5, 0.6) is 5.75 Å². The number of carbonyl (C=O) groups is 1. The Kier molecular flexibility index (Phi) is 7.94. The van der Waals surface area contributed by atoms with E-state index in [9.17, 15) is 4.79 Å². The molecule has 0 aliphatic carbocycles. The molecular formula is C19H21Cl2NO2S. The standard InChI is InChI=1S/C19H21Cl2NO2S/c1-3-24-16-7-5-15(6-8-16)13(2)22-19(23)12-25-11-14-4-9-17(20)18(21)10-14/h4-10,13H,3,11-12H2,1-2H3,(H,22,23)/t13-/m1/s1. The van der Waals surface area contributed by atoms with Crippen molar-refractivity contribution >= 4 is 40.9 Å². The van der Waals surface area contributed by atoms with E-state index in [4.69, 9.17) is 27.9 Å². The van der Waals surface area contributed by atoms with E-state index in [1.54, 1.807) is 17.8 Å². The molecule has 0 aromatic heterocycles. The van der Waals surface area contributed by atoms with Gasteiger partial charge in [0, 0.05) is 5.75 Å². The summed E-state index contributed by atoms with van der Waals surface area (Å²) in [5.74, 6) is 1.94. The predicted molar refractivity (Wildman–Crippen MR) is 107 cm³/mol. The van der Waals surface area contributed by atoms with Crippen molar-refractivity contribution < 1.29 is 9.53 Å². The first-order valence-electron chi connectivity index (χ1n) is 8.03. The lowest BCUT2D eigenvalue weighted by molar-refractivity contribution is -0.119. The minimum atomic E-state index is -0.0475. The number of thioether (sulfide) groups is 1. The Hall–Kier alpha value is -1.36. The van der Waals surface area contributed by atoms with Crippen molar-refractivity contribution in [3.05, 3.63) is 63.6 Å². The highest BCUT2D eigenvalue weighted by Gasteiger charge is 2.10. The van der Waals surface area contributed by atoms with Crippen molar-refractivity contribution in [2.24, 2.45) is 0 Å². The van der Waals surface area contributed by atoms with E-state index in [1.807, 2.05) is 50.2 Å². The lowest BCUT2D eigenvalue weighted by Crippen LogP contribution is -2.28. The van der Waals surface area contributed by atoms with Crippen LogP contribution in [0.2, 0.25) is 10.0 Å². The second kappa shape index (κ2) is 9.95. The number of ether oxygens (including phenoxy) is 1. The zero-order valence-corrected chi connectivity index (χ0v) is 16.5. The quantitative estimate of drug-likeness (QED) is 0.638. The fourth-order valence-corrected chi connectivity index (χ4v) is 3.38. The van der Waals surface area contributed by atoms with Crippen molar-refractivity contribution in [3.63, 3.8) is 0 Å². The first-order chi connectivity index (χ1) is 12.0. The second-order valence-electron chi connectivity index (χ2n) is 5.53.